The average molecular weight is 377 g/mol. The highest BCUT2D eigenvalue weighted by Crippen LogP contribution is 2.22. The Morgan fingerprint density at radius 3 is 3.07 bits per heavy atom. The standard InChI is InChI=1S/C22H27N5O/c1-2-17-7-5-6-14-27(17)21(28)20-11-13-24-22(26-20)23-12-10-16-15-25-19-9-4-3-8-18(16)19/h3-4,8-9,11,13,15,17,25H,2,5-7,10,12,14H2,1H3,(H,23,24,26). The first kappa shape index (κ1) is 18.5. The SMILES string of the molecule is CCC1CCCCN1C(=O)c1ccnc(NCCc2c[nH]c3ccccc23)n1. The van der Waals surface area contributed by atoms with Crippen molar-refractivity contribution in [1.29, 1.82) is 0 Å². The van der Waals surface area contributed by atoms with Crippen LogP contribution >= 0.6 is 0 Å². The number of nitrogens with zero attached hydrogens (tertiary/aromatic N) is 3. The minimum Gasteiger partial charge on any atom is -0.361 e. The Morgan fingerprint density at radius 2 is 2.18 bits per heavy atom. The van der Waals surface area contributed by atoms with Crippen molar-refractivity contribution >= 4 is 22.8 Å². The number of piperidine rings is 1. The van der Waals surface area contributed by atoms with Crippen molar-refractivity contribution in [3.63, 3.8) is 0 Å². The molecule has 6 heteroatoms. The molecule has 0 aliphatic carbocycles. The molecule has 2 N–H and O–H groups in total. The molecule has 0 saturated carbocycles. The number of carbonyl (C=O) groups excluding carboxylic acids is 1. The van der Waals surface area contributed by atoms with Gasteiger partial charge in [0.15, 0.2) is 0 Å². The van der Waals surface area contributed by atoms with Crippen LogP contribution in [0.1, 0.15) is 48.7 Å². The zero-order valence-corrected chi connectivity index (χ0v) is 16.3. The van der Waals surface area contributed by atoms with E-state index in [-0.39, 0.29) is 5.91 Å². The molecule has 1 unspecified atom stereocenters. The van der Waals surface area contributed by atoms with Crippen molar-refractivity contribution in [2.24, 2.45) is 0 Å². The van der Waals surface area contributed by atoms with Gasteiger partial charge in [0, 0.05) is 42.4 Å². The molecule has 6 nitrogen and oxygen atoms in total. The van der Waals surface area contributed by atoms with E-state index in [9.17, 15) is 4.79 Å². The van der Waals surface area contributed by atoms with Gasteiger partial charge in [-0.2, -0.15) is 0 Å². The number of hydrogen-bond donors (Lipinski definition) is 2. The number of carbonyl (C=O) groups is 1. The molecule has 0 bridgehead atoms. The summed E-state index contributed by atoms with van der Waals surface area (Å²) in [5.74, 6) is 0.532. The van der Waals surface area contributed by atoms with E-state index in [2.05, 4.69) is 45.4 Å². The van der Waals surface area contributed by atoms with Crippen LogP contribution in [0.15, 0.2) is 42.7 Å². The van der Waals surface area contributed by atoms with E-state index < -0.39 is 0 Å². The first-order chi connectivity index (χ1) is 13.8. The minimum absolute atomic E-state index is 0.0219. The number of hydrogen-bond acceptors (Lipinski definition) is 4. The van der Waals surface area contributed by atoms with Crippen molar-refractivity contribution < 1.29 is 4.79 Å². The largest absolute Gasteiger partial charge is 0.361 e. The Morgan fingerprint density at radius 1 is 1.29 bits per heavy atom. The van der Waals surface area contributed by atoms with Crippen molar-refractivity contribution in [3.05, 3.63) is 54.0 Å². The third-order valence-electron chi connectivity index (χ3n) is 5.59. The van der Waals surface area contributed by atoms with Crippen LogP contribution in [-0.4, -0.2) is 44.9 Å². The Bertz CT molecular complexity index is 951. The summed E-state index contributed by atoms with van der Waals surface area (Å²) in [7, 11) is 0. The predicted molar refractivity (Wildman–Crippen MR) is 111 cm³/mol. The molecule has 2 aromatic heterocycles. The molecular weight excluding hydrogens is 350 g/mol. The number of benzene rings is 1. The highest BCUT2D eigenvalue weighted by atomic mass is 16.2. The summed E-state index contributed by atoms with van der Waals surface area (Å²) >= 11 is 0. The minimum atomic E-state index is 0.0219. The van der Waals surface area contributed by atoms with Gasteiger partial charge in [0.05, 0.1) is 0 Å². The lowest BCUT2D eigenvalue weighted by Crippen LogP contribution is -2.43. The fourth-order valence-corrected chi connectivity index (χ4v) is 4.05. The zero-order valence-electron chi connectivity index (χ0n) is 16.3. The number of aromatic nitrogens is 3. The Labute approximate surface area is 165 Å². The Kier molecular flexibility index (Phi) is 5.55. The normalized spacial score (nSPS) is 17.0. The number of para-hydroxylation sites is 1. The molecule has 4 rings (SSSR count). The first-order valence-electron chi connectivity index (χ1n) is 10.2. The molecule has 1 aliphatic rings. The summed E-state index contributed by atoms with van der Waals surface area (Å²) in [4.78, 5) is 27.0. The summed E-state index contributed by atoms with van der Waals surface area (Å²) < 4.78 is 0. The molecule has 1 fully saturated rings. The van der Waals surface area contributed by atoms with Gasteiger partial charge in [0.25, 0.3) is 5.91 Å². The van der Waals surface area contributed by atoms with E-state index in [1.165, 1.54) is 17.4 Å². The number of H-pyrrole nitrogens is 1. The van der Waals surface area contributed by atoms with Gasteiger partial charge < -0.3 is 15.2 Å². The maximum Gasteiger partial charge on any atom is 0.272 e. The number of likely N-dealkylation sites (tertiary alicyclic amines) is 1. The number of fused-ring (bicyclic) bond motifs is 1. The van der Waals surface area contributed by atoms with E-state index in [4.69, 9.17) is 0 Å². The van der Waals surface area contributed by atoms with E-state index in [0.717, 1.165) is 37.7 Å². The second-order valence-electron chi connectivity index (χ2n) is 7.36. The maximum atomic E-state index is 12.9. The third kappa shape index (κ3) is 3.86. The summed E-state index contributed by atoms with van der Waals surface area (Å²) in [6, 6.07) is 10.3. The second kappa shape index (κ2) is 8.42. The zero-order chi connectivity index (χ0) is 19.3. The molecule has 146 valence electrons. The van der Waals surface area contributed by atoms with Gasteiger partial charge in [-0.05, 0) is 49.8 Å². The highest BCUT2D eigenvalue weighted by molar-refractivity contribution is 5.92. The van der Waals surface area contributed by atoms with Crippen LogP contribution in [0.2, 0.25) is 0 Å². The van der Waals surface area contributed by atoms with Gasteiger partial charge in [-0.15, -0.1) is 0 Å². The fraction of sp³-hybridized carbons (Fsp3) is 0.409. The smallest absolute Gasteiger partial charge is 0.272 e. The second-order valence-corrected chi connectivity index (χ2v) is 7.36. The molecule has 0 radical (unpaired) electrons. The fourth-order valence-electron chi connectivity index (χ4n) is 4.05. The number of nitrogens with one attached hydrogen (secondary N) is 2. The van der Waals surface area contributed by atoms with Crippen LogP contribution in [0.3, 0.4) is 0 Å². The predicted octanol–water partition coefficient (Wildman–Crippen LogP) is 4.02. The van der Waals surface area contributed by atoms with Crippen molar-refractivity contribution in [2.45, 2.75) is 45.1 Å². The van der Waals surface area contributed by atoms with Gasteiger partial charge in [-0.1, -0.05) is 25.1 Å². The summed E-state index contributed by atoms with van der Waals surface area (Å²) in [6.07, 6.45) is 8.93. The molecule has 3 aromatic rings. The lowest BCUT2D eigenvalue weighted by molar-refractivity contribution is 0.0602. The number of aromatic amines is 1. The van der Waals surface area contributed by atoms with Crippen LogP contribution in [0.4, 0.5) is 5.95 Å². The van der Waals surface area contributed by atoms with Gasteiger partial charge in [-0.25, -0.2) is 9.97 Å². The van der Waals surface area contributed by atoms with Crippen LogP contribution < -0.4 is 5.32 Å². The van der Waals surface area contributed by atoms with Crippen LogP contribution in [0, 0.1) is 0 Å². The Balaban J connectivity index is 1.40. The quantitative estimate of drug-likeness (QED) is 0.680. The maximum absolute atomic E-state index is 12.9. The summed E-state index contributed by atoms with van der Waals surface area (Å²) in [5.41, 5.74) is 2.88. The molecule has 1 aliphatic heterocycles. The van der Waals surface area contributed by atoms with E-state index in [0.29, 0.717) is 24.2 Å². The van der Waals surface area contributed by atoms with E-state index in [1.54, 1.807) is 12.3 Å². The first-order valence-corrected chi connectivity index (χ1v) is 10.2. The number of rotatable bonds is 6. The molecular formula is C22H27N5O. The number of anilines is 1. The Hall–Kier alpha value is -2.89. The molecule has 1 atom stereocenters. The van der Waals surface area contributed by atoms with Gasteiger partial charge >= 0.3 is 0 Å². The van der Waals surface area contributed by atoms with Crippen molar-refractivity contribution in [3.8, 4) is 0 Å². The van der Waals surface area contributed by atoms with E-state index in [1.807, 2.05) is 17.2 Å². The topological polar surface area (TPSA) is 73.9 Å². The van der Waals surface area contributed by atoms with Crippen LogP contribution in [0.5, 0.6) is 0 Å². The molecule has 3 heterocycles. The molecule has 1 amide bonds. The van der Waals surface area contributed by atoms with Gasteiger partial charge in [0.2, 0.25) is 5.95 Å². The van der Waals surface area contributed by atoms with Crippen molar-refractivity contribution in [1.82, 2.24) is 19.9 Å². The molecule has 1 aromatic carbocycles. The summed E-state index contributed by atoms with van der Waals surface area (Å²) in [5, 5.41) is 4.50. The molecule has 28 heavy (non-hydrogen) atoms. The number of amides is 1. The monoisotopic (exact) mass is 377 g/mol. The van der Waals surface area contributed by atoms with Crippen molar-refractivity contribution in [2.75, 3.05) is 18.4 Å². The summed E-state index contributed by atoms with van der Waals surface area (Å²) in [6.45, 7) is 3.68. The lowest BCUT2D eigenvalue weighted by Gasteiger charge is -2.35. The molecule has 1 saturated heterocycles. The van der Waals surface area contributed by atoms with E-state index >= 15 is 0 Å². The van der Waals surface area contributed by atoms with Crippen LogP contribution in [-0.2, 0) is 6.42 Å². The van der Waals surface area contributed by atoms with Gasteiger partial charge in [-0.3, -0.25) is 4.79 Å². The van der Waals surface area contributed by atoms with Gasteiger partial charge in [0.1, 0.15) is 5.69 Å². The molecule has 0 spiro atoms. The third-order valence-corrected chi connectivity index (χ3v) is 5.59. The average Bonchev–Trinajstić information content (AvgIpc) is 3.16. The van der Waals surface area contributed by atoms with Crippen LogP contribution in [0.25, 0.3) is 10.9 Å². The lowest BCUT2D eigenvalue weighted by atomic mass is 9.99. The highest BCUT2D eigenvalue weighted by Gasteiger charge is 2.27.